The van der Waals surface area contributed by atoms with E-state index in [1.54, 1.807) is 0 Å². The molecule has 124 valence electrons. The summed E-state index contributed by atoms with van der Waals surface area (Å²) in [6.45, 7) is 14.9. The van der Waals surface area contributed by atoms with E-state index in [9.17, 15) is 4.79 Å². The summed E-state index contributed by atoms with van der Waals surface area (Å²) < 4.78 is 16.1. The van der Waals surface area contributed by atoms with Gasteiger partial charge in [-0.25, -0.2) is 0 Å². The third kappa shape index (κ3) is 14.0. The Morgan fingerprint density at radius 3 is 1.90 bits per heavy atom. The van der Waals surface area contributed by atoms with E-state index in [1.165, 1.54) is 0 Å². The molecule has 0 aliphatic rings. The van der Waals surface area contributed by atoms with Crippen molar-refractivity contribution in [2.24, 2.45) is 10.8 Å². The molecule has 0 aliphatic heterocycles. The molecule has 0 bridgehead atoms. The second-order valence-electron chi connectivity index (χ2n) is 7.18. The Morgan fingerprint density at radius 1 is 0.857 bits per heavy atom. The van der Waals surface area contributed by atoms with Gasteiger partial charge in [0.25, 0.3) is 0 Å². The lowest BCUT2D eigenvalue weighted by molar-refractivity contribution is -0.131. The predicted octanol–water partition coefficient (Wildman–Crippen LogP) is 3.25. The van der Waals surface area contributed by atoms with E-state index in [-0.39, 0.29) is 23.2 Å². The van der Waals surface area contributed by atoms with Gasteiger partial charge in [0.05, 0.1) is 33.0 Å². The number of ketones is 1. The van der Waals surface area contributed by atoms with Crippen molar-refractivity contribution in [3.05, 3.63) is 12.2 Å². The van der Waals surface area contributed by atoms with Gasteiger partial charge in [0.15, 0.2) is 5.78 Å². The Bertz CT molecular complexity index is 308. The number of carbonyl (C=O) groups is 1. The molecule has 0 fully saturated rings. The van der Waals surface area contributed by atoms with Crippen molar-refractivity contribution in [1.82, 2.24) is 0 Å². The van der Waals surface area contributed by atoms with Gasteiger partial charge in [-0.2, -0.15) is 0 Å². The second kappa shape index (κ2) is 10.1. The first-order chi connectivity index (χ1) is 9.63. The Morgan fingerprint density at radius 2 is 1.38 bits per heavy atom. The molecule has 0 aromatic carbocycles. The summed E-state index contributed by atoms with van der Waals surface area (Å²) in [5.41, 5.74) is -0.142. The third-order valence-corrected chi connectivity index (χ3v) is 2.65. The summed E-state index contributed by atoms with van der Waals surface area (Å²) in [6.07, 6.45) is 4.16. The van der Waals surface area contributed by atoms with Crippen LogP contribution in [0.3, 0.4) is 0 Å². The molecule has 0 aliphatic carbocycles. The summed E-state index contributed by atoms with van der Waals surface area (Å²) in [7, 11) is 0. The van der Waals surface area contributed by atoms with Crippen LogP contribution in [0.25, 0.3) is 0 Å². The standard InChI is InChI=1S/C17H32O4/c1-16(2,3)8-7-9-19-10-11-20-12-13-21-14-15(18)17(4,5)6/h7-8H,9-14H2,1-6H3/b8-7+. The van der Waals surface area contributed by atoms with Gasteiger partial charge >= 0.3 is 0 Å². The quantitative estimate of drug-likeness (QED) is 0.459. The van der Waals surface area contributed by atoms with Crippen molar-refractivity contribution >= 4 is 5.78 Å². The highest BCUT2D eigenvalue weighted by atomic mass is 16.5. The number of Topliss-reactive ketones (excluding diaryl/α,β-unsaturated/α-hetero) is 1. The molecule has 0 N–H and O–H groups in total. The van der Waals surface area contributed by atoms with E-state index in [4.69, 9.17) is 14.2 Å². The molecule has 4 heteroatoms. The van der Waals surface area contributed by atoms with Crippen LogP contribution in [0, 0.1) is 10.8 Å². The fourth-order valence-electron chi connectivity index (χ4n) is 1.27. The molecule has 0 aromatic heterocycles. The number of allylic oxidation sites excluding steroid dienone is 1. The normalized spacial score (nSPS) is 13.0. The molecule has 0 atom stereocenters. The van der Waals surface area contributed by atoms with E-state index in [0.29, 0.717) is 33.0 Å². The maximum Gasteiger partial charge on any atom is 0.163 e. The lowest BCUT2D eigenvalue weighted by Crippen LogP contribution is -2.25. The molecule has 0 heterocycles. The minimum absolute atomic E-state index is 0.108. The summed E-state index contributed by atoms with van der Waals surface area (Å²) in [5.74, 6) is 0.108. The minimum atomic E-state index is -0.338. The van der Waals surface area contributed by atoms with Gasteiger partial charge in [0.2, 0.25) is 0 Å². The molecule has 0 aromatic rings. The molecule has 0 radical (unpaired) electrons. The number of hydrogen-bond acceptors (Lipinski definition) is 4. The van der Waals surface area contributed by atoms with Crippen LogP contribution in [0.5, 0.6) is 0 Å². The fraction of sp³-hybridized carbons (Fsp3) is 0.824. The van der Waals surface area contributed by atoms with Crippen molar-refractivity contribution < 1.29 is 19.0 Å². The maximum absolute atomic E-state index is 11.6. The highest BCUT2D eigenvalue weighted by molar-refractivity contribution is 5.84. The van der Waals surface area contributed by atoms with E-state index in [2.05, 4.69) is 26.8 Å². The van der Waals surface area contributed by atoms with Crippen LogP contribution in [0.2, 0.25) is 0 Å². The molecule has 0 saturated carbocycles. The van der Waals surface area contributed by atoms with Crippen molar-refractivity contribution in [2.45, 2.75) is 41.5 Å². The molecule has 0 unspecified atom stereocenters. The van der Waals surface area contributed by atoms with Crippen LogP contribution in [0.4, 0.5) is 0 Å². The van der Waals surface area contributed by atoms with Crippen LogP contribution in [-0.4, -0.2) is 45.4 Å². The first-order valence-electron chi connectivity index (χ1n) is 7.57. The van der Waals surface area contributed by atoms with Crippen LogP contribution in [0.15, 0.2) is 12.2 Å². The van der Waals surface area contributed by atoms with Gasteiger partial charge in [-0.15, -0.1) is 0 Å². The Labute approximate surface area is 129 Å². The van der Waals surface area contributed by atoms with Gasteiger partial charge in [-0.05, 0) is 5.41 Å². The van der Waals surface area contributed by atoms with Crippen molar-refractivity contribution in [3.8, 4) is 0 Å². The topological polar surface area (TPSA) is 44.8 Å². The van der Waals surface area contributed by atoms with Crippen LogP contribution in [-0.2, 0) is 19.0 Å². The van der Waals surface area contributed by atoms with Crippen LogP contribution < -0.4 is 0 Å². The monoisotopic (exact) mass is 300 g/mol. The highest BCUT2D eigenvalue weighted by Gasteiger charge is 2.20. The first kappa shape index (κ1) is 20.3. The summed E-state index contributed by atoms with van der Waals surface area (Å²) in [4.78, 5) is 11.6. The molecular weight excluding hydrogens is 268 g/mol. The van der Waals surface area contributed by atoms with Crippen molar-refractivity contribution in [2.75, 3.05) is 39.6 Å². The highest BCUT2D eigenvalue weighted by Crippen LogP contribution is 2.14. The zero-order valence-electron chi connectivity index (χ0n) is 14.5. The first-order valence-corrected chi connectivity index (χ1v) is 7.57. The Kier molecular flexibility index (Phi) is 9.75. The number of hydrogen-bond donors (Lipinski definition) is 0. The predicted molar refractivity (Wildman–Crippen MR) is 85.5 cm³/mol. The molecule has 21 heavy (non-hydrogen) atoms. The van der Waals surface area contributed by atoms with Gasteiger partial charge in [0.1, 0.15) is 6.61 Å². The van der Waals surface area contributed by atoms with E-state index in [1.807, 2.05) is 26.8 Å². The largest absolute Gasteiger partial charge is 0.377 e. The molecule has 4 nitrogen and oxygen atoms in total. The fourth-order valence-corrected chi connectivity index (χ4v) is 1.27. The third-order valence-electron chi connectivity index (χ3n) is 2.65. The van der Waals surface area contributed by atoms with Gasteiger partial charge in [0, 0.05) is 5.41 Å². The van der Waals surface area contributed by atoms with Crippen LogP contribution in [0.1, 0.15) is 41.5 Å². The zero-order valence-corrected chi connectivity index (χ0v) is 14.5. The average molecular weight is 300 g/mol. The van der Waals surface area contributed by atoms with Gasteiger partial charge < -0.3 is 14.2 Å². The lowest BCUT2D eigenvalue weighted by atomic mass is 9.91. The Hall–Kier alpha value is -0.710. The van der Waals surface area contributed by atoms with Crippen molar-refractivity contribution in [1.29, 1.82) is 0 Å². The zero-order chi connectivity index (χ0) is 16.4. The summed E-state index contributed by atoms with van der Waals surface area (Å²) >= 11 is 0. The molecule has 0 rings (SSSR count). The molecular formula is C17H32O4. The summed E-state index contributed by atoms with van der Waals surface area (Å²) in [5, 5.41) is 0. The number of rotatable bonds is 10. The lowest BCUT2D eigenvalue weighted by Gasteiger charge is -2.16. The SMILES string of the molecule is CC(C)(C)/C=C/COCCOCCOCC(=O)C(C)(C)C. The molecule has 0 saturated heterocycles. The second-order valence-corrected chi connectivity index (χ2v) is 7.18. The maximum atomic E-state index is 11.6. The number of carbonyl (C=O) groups excluding carboxylic acids is 1. The minimum Gasteiger partial charge on any atom is -0.377 e. The smallest absolute Gasteiger partial charge is 0.163 e. The summed E-state index contributed by atoms with van der Waals surface area (Å²) in [6, 6.07) is 0. The molecule has 0 amide bonds. The Balaban J connectivity index is 3.35. The van der Waals surface area contributed by atoms with Gasteiger partial charge in [-0.3, -0.25) is 4.79 Å². The average Bonchev–Trinajstić information content (AvgIpc) is 2.33. The van der Waals surface area contributed by atoms with Crippen LogP contribution >= 0.6 is 0 Å². The van der Waals surface area contributed by atoms with Crippen molar-refractivity contribution in [3.63, 3.8) is 0 Å². The van der Waals surface area contributed by atoms with E-state index >= 15 is 0 Å². The molecule has 0 spiro atoms. The van der Waals surface area contributed by atoms with Gasteiger partial charge in [-0.1, -0.05) is 53.7 Å². The number of ether oxygens (including phenoxy) is 3. The van der Waals surface area contributed by atoms with E-state index < -0.39 is 0 Å². The van der Waals surface area contributed by atoms with E-state index in [0.717, 1.165) is 0 Å².